The van der Waals surface area contributed by atoms with Gasteiger partial charge in [-0.15, -0.1) is 0 Å². The lowest BCUT2D eigenvalue weighted by Crippen LogP contribution is -2.16. The van der Waals surface area contributed by atoms with Gasteiger partial charge in [0, 0.05) is 5.41 Å². The second kappa shape index (κ2) is 5.35. The molecule has 2 aromatic rings. The van der Waals surface area contributed by atoms with Crippen LogP contribution in [0.4, 0.5) is 0 Å². The highest BCUT2D eigenvalue weighted by Crippen LogP contribution is 2.49. The Morgan fingerprint density at radius 2 is 1.74 bits per heavy atom. The van der Waals surface area contributed by atoms with Crippen molar-refractivity contribution in [3.05, 3.63) is 58.7 Å². The van der Waals surface area contributed by atoms with Crippen LogP contribution in [-0.4, -0.2) is 5.78 Å². The first-order valence-electron chi connectivity index (χ1n) is 7.99. The summed E-state index contributed by atoms with van der Waals surface area (Å²) < 4.78 is 0. The molecule has 2 nitrogen and oxygen atoms in total. The second-order valence-corrected chi connectivity index (χ2v) is 7.05. The normalized spacial score (nSPS) is 15.4. The first-order chi connectivity index (χ1) is 10.8. The van der Waals surface area contributed by atoms with E-state index in [0.29, 0.717) is 6.42 Å². The standard InChI is InChI=1S/C21H21NO/c1-13-5-7-17-18-8-6-15(10-16(12-22)14(2)23)11-20(18)21(3,4)19(17)9-13/h5-9,11,16H,10H2,1-4H3. The lowest BCUT2D eigenvalue weighted by atomic mass is 9.81. The smallest absolute Gasteiger partial charge is 0.147 e. The Kier molecular flexibility index (Phi) is 3.60. The fourth-order valence-electron chi connectivity index (χ4n) is 3.54. The lowest BCUT2D eigenvalue weighted by Gasteiger charge is -2.22. The van der Waals surface area contributed by atoms with E-state index in [4.69, 9.17) is 5.26 Å². The zero-order chi connectivity index (χ0) is 16.8. The largest absolute Gasteiger partial charge is 0.299 e. The summed E-state index contributed by atoms with van der Waals surface area (Å²) in [6.07, 6.45) is 0.491. The Bertz CT molecular complexity index is 839. The Morgan fingerprint density at radius 3 is 2.35 bits per heavy atom. The van der Waals surface area contributed by atoms with Gasteiger partial charge in [-0.3, -0.25) is 4.79 Å². The summed E-state index contributed by atoms with van der Waals surface area (Å²) in [5.41, 5.74) is 7.49. The van der Waals surface area contributed by atoms with Crippen molar-refractivity contribution in [2.75, 3.05) is 0 Å². The van der Waals surface area contributed by atoms with Crippen LogP contribution in [-0.2, 0) is 16.6 Å². The maximum absolute atomic E-state index is 11.5. The maximum Gasteiger partial charge on any atom is 0.147 e. The summed E-state index contributed by atoms with van der Waals surface area (Å²) >= 11 is 0. The molecular weight excluding hydrogens is 282 g/mol. The molecule has 0 radical (unpaired) electrons. The number of ketones is 1. The Hall–Kier alpha value is -2.40. The van der Waals surface area contributed by atoms with Gasteiger partial charge in [-0.1, -0.05) is 55.8 Å². The molecule has 0 amide bonds. The number of aryl methyl sites for hydroxylation is 1. The zero-order valence-corrected chi connectivity index (χ0v) is 14.1. The van der Waals surface area contributed by atoms with Crippen LogP contribution in [0.5, 0.6) is 0 Å². The first kappa shape index (κ1) is 15.5. The van der Waals surface area contributed by atoms with E-state index in [0.717, 1.165) is 5.56 Å². The number of hydrogen-bond acceptors (Lipinski definition) is 2. The van der Waals surface area contributed by atoms with E-state index in [1.807, 2.05) is 0 Å². The van der Waals surface area contributed by atoms with E-state index in [2.05, 4.69) is 63.2 Å². The number of nitrogens with zero attached hydrogens (tertiary/aromatic N) is 1. The number of benzene rings is 2. The van der Waals surface area contributed by atoms with Gasteiger partial charge in [0.15, 0.2) is 0 Å². The number of Topliss-reactive ketones (excluding diaryl/α,β-unsaturated/α-hetero) is 1. The van der Waals surface area contributed by atoms with Crippen LogP contribution in [0.3, 0.4) is 0 Å². The number of carbonyl (C=O) groups excluding carboxylic acids is 1. The molecule has 0 fully saturated rings. The molecular formula is C21H21NO. The Balaban J connectivity index is 2.06. The van der Waals surface area contributed by atoms with Gasteiger partial charge in [-0.05, 0) is 48.1 Å². The summed E-state index contributed by atoms with van der Waals surface area (Å²) in [5.74, 6) is -0.617. The van der Waals surface area contributed by atoms with Crippen molar-refractivity contribution in [3.8, 4) is 17.2 Å². The number of fused-ring (bicyclic) bond motifs is 3. The maximum atomic E-state index is 11.5. The predicted molar refractivity (Wildman–Crippen MR) is 92.2 cm³/mol. The summed E-state index contributed by atoms with van der Waals surface area (Å²) in [6, 6.07) is 15.1. The molecule has 0 N–H and O–H groups in total. The van der Waals surface area contributed by atoms with Crippen molar-refractivity contribution < 1.29 is 4.79 Å². The molecule has 0 saturated carbocycles. The van der Waals surface area contributed by atoms with E-state index in [1.54, 1.807) is 0 Å². The average Bonchev–Trinajstić information content (AvgIpc) is 2.72. The highest BCUT2D eigenvalue weighted by molar-refractivity contribution is 5.82. The lowest BCUT2D eigenvalue weighted by molar-refractivity contribution is -0.119. The fraction of sp³-hybridized carbons (Fsp3) is 0.333. The third-order valence-corrected chi connectivity index (χ3v) is 4.98. The van der Waals surface area contributed by atoms with Gasteiger partial charge in [0.25, 0.3) is 0 Å². The second-order valence-electron chi connectivity index (χ2n) is 7.05. The van der Waals surface area contributed by atoms with E-state index >= 15 is 0 Å². The predicted octanol–water partition coefficient (Wildman–Crippen LogP) is 4.57. The number of rotatable bonds is 3. The van der Waals surface area contributed by atoms with Crippen molar-refractivity contribution in [2.24, 2.45) is 5.92 Å². The molecule has 0 heterocycles. The van der Waals surface area contributed by atoms with Gasteiger partial charge in [0.05, 0.1) is 6.07 Å². The number of nitriles is 1. The van der Waals surface area contributed by atoms with E-state index in [-0.39, 0.29) is 11.2 Å². The van der Waals surface area contributed by atoms with Crippen LogP contribution in [0.2, 0.25) is 0 Å². The molecule has 0 aliphatic heterocycles. The first-order valence-corrected chi connectivity index (χ1v) is 7.99. The molecule has 1 aliphatic carbocycles. The number of hydrogen-bond donors (Lipinski definition) is 0. The minimum Gasteiger partial charge on any atom is -0.299 e. The van der Waals surface area contributed by atoms with Gasteiger partial charge >= 0.3 is 0 Å². The Morgan fingerprint density at radius 1 is 1.13 bits per heavy atom. The van der Waals surface area contributed by atoms with Gasteiger partial charge in [-0.2, -0.15) is 5.26 Å². The molecule has 0 spiro atoms. The SMILES string of the molecule is CC(=O)C(C#N)Cc1ccc2c(c1)C(C)(C)c1cc(C)ccc1-2. The molecule has 2 aromatic carbocycles. The summed E-state index contributed by atoms with van der Waals surface area (Å²) in [6.45, 7) is 8.10. The van der Waals surface area contributed by atoms with Crippen molar-refractivity contribution in [1.29, 1.82) is 5.26 Å². The summed E-state index contributed by atoms with van der Waals surface area (Å²) in [7, 11) is 0. The van der Waals surface area contributed by atoms with Gasteiger partial charge in [0.2, 0.25) is 0 Å². The summed E-state index contributed by atoms with van der Waals surface area (Å²) in [5, 5.41) is 9.16. The van der Waals surface area contributed by atoms with Crippen molar-refractivity contribution in [2.45, 2.75) is 39.5 Å². The number of carbonyl (C=O) groups is 1. The minimum absolute atomic E-state index is 0.0505. The molecule has 0 aromatic heterocycles. The van der Waals surface area contributed by atoms with Crippen LogP contribution in [0, 0.1) is 24.2 Å². The molecule has 116 valence electrons. The van der Waals surface area contributed by atoms with Gasteiger partial charge in [-0.25, -0.2) is 0 Å². The molecule has 1 unspecified atom stereocenters. The van der Waals surface area contributed by atoms with Crippen molar-refractivity contribution in [1.82, 2.24) is 0 Å². The minimum atomic E-state index is -0.554. The average molecular weight is 303 g/mol. The van der Waals surface area contributed by atoms with Crippen LogP contribution in [0.1, 0.15) is 43.0 Å². The van der Waals surface area contributed by atoms with Crippen molar-refractivity contribution in [3.63, 3.8) is 0 Å². The van der Waals surface area contributed by atoms with Crippen LogP contribution in [0.15, 0.2) is 36.4 Å². The highest BCUT2D eigenvalue weighted by atomic mass is 16.1. The monoisotopic (exact) mass is 303 g/mol. The van der Waals surface area contributed by atoms with E-state index in [9.17, 15) is 4.79 Å². The third kappa shape index (κ3) is 2.47. The van der Waals surface area contributed by atoms with Crippen LogP contribution < -0.4 is 0 Å². The molecule has 2 heteroatoms. The van der Waals surface area contributed by atoms with Crippen LogP contribution >= 0.6 is 0 Å². The van der Waals surface area contributed by atoms with Gasteiger partial charge in [0.1, 0.15) is 11.7 Å². The highest BCUT2D eigenvalue weighted by Gasteiger charge is 2.35. The summed E-state index contributed by atoms with van der Waals surface area (Å²) in [4.78, 5) is 11.5. The van der Waals surface area contributed by atoms with Crippen molar-refractivity contribution >= 4 is 5.78 Å². The fourth-order valence-corrected chi connectivity index (χ4v) is 3.54. The topological polar surface area (TPSA) is 40.9 Å². The third-order valence-electron chi connectivity index (χ3n) is 4.98. The molecule has 23 heavy (non-hydrogen) atoms. The molecule has 1 aliphatic rings. The van der Waals surface area contributed by atoms with Crippen LogP contribution in [0.25, 0.3) is 11.1 Å². The van der Waals surface area contributed by atoms with Gasteiger partial charge < -0.3 is 0 Å². The Labute approximate surface area is 137 Å². The van der Waals surface area contributed by atoms with E-state index in [1.165, 1.54) is 34.7 Å². The molecule has 0 saturated heterocycles. The zero-order valence-electron chi connectivity index (χ0n) is 14.1. The van der Waals surface area contributed by atoms with E-state index < -0.39 is 5.92 Å². The molecule has 3 rings (SSSR count). The molecule has 0 bridgehead atoms. The molecule has 1 atom stereocenters. The quantitative estimate of drug-likeness (QED) is 0.833.